The number of pyridine rings is 1. The fraction of sp³-hybridized carbons (Fsp3) is 0.143. The van der Waals surface area contributed by atoms with Crippen LogP contribution in [0.5, 0.6) is 0 Å². The van der Waals surface area contributed by atoms with Crippen LogP contribution in [0.2, 0.25) is 0 Å². The zero-order valence-corrected chi connectivity index (χ0v) is 10.6. The highest BCUT2D eigenvalue weighted by atomic mass is 16.4. The summed E-state index contributed by atoms with van der Waals surface area (Å²) < 4.78 is 0. The zero-order chi connectivity index (χ0) is 13.8. The van der Waals surface area contributed by atoms with Crippen molar-refractivity contribution in [2.24, 2.45) is 0 Å². The number of carboxylic acids is 1. The first-order valence-electron chi connectivity index (χ1n) is 5.96. The molecule has 0 radical (unpaired) electrons. The lowest BCUT2D eigenvalue weighted by molar-refractivity contribution is 0.0690. The molecule has 98 valence electrons. The first-order chi connectivity index (χ1) is 9.10. The quantitative estimate of drug-likeness (QED) is 0.783. The summed E-state index contributed by atoms with van der Waals surface area (Å²) >= 11 is 0. The van der Waals surface area contributed by atoms with E-state index in [-0.39, 0.29) is 5.69 Å². The standard InChI is InChI=1S/C14H15N3O2/c1-2-9-4-3-5-10(8-9)16-13-11(15)6-7-12(17-13)14(18)19/h3-8H,2,15H2,1H3,(H,16,17)(H,18,19). The minimum atomic E-state index is -1.08. The molecule has 0 saturated heterocycles. The maximum Gasteiger partial charge on any atom is 0.354 e. The van der Waals surface area contributed by atoms with Crippen molar-refractivity contribution >= 4 is 23.2 Å². The minimum Gasteiger partial charge on any atom is -0.477 e. The number of nitrogens with one attached hydrogen (secondary N) is 1. The first-order valence-corrected chi connectivity index (χ1v) is 5.96. The minimum absolute atomic E-state index is 0.0386. The number of nitrogen functional groups attached to an aromatic ring is 1. The van der Waals surface area contributed by atoms with E-state index in [1.807, 2.05) is 24.3 Å². The van der Waals surface area contributed by atoms with Gasteiger partial charge in [0.2, 0.25) is 0 Å². The van der Waals surface area contributed by atoms with E-state index in [0.29, 0.717) is 11.5 Å². The first kappa shape index (κ1) is 12.9. The highest BCUT2D eigenvalue weighted by molar-refractivity contribution is 5.87. The van der Waals surface area contributed by atoms with Crippen molar-refractivity contribution < 1.29 is 9.90 Å². The molecule has 0 bridgehead atoms. The number of nitrogens with zero attached hydrogens (tertiary/aromatic N) is 1. The summed E-state index contributed by atoms with van der Waals surface area (Å²) in [6.45, 7) is 2.07. The van der Waals surface area contributed by atoms with Crippen molar-refractivity contribution in [2.75, 3.05) is 11.1 Å². The largest absolute Gasteiger partial charge is 0.477 e. The molecule has 1 heterocycles. The van der Waals surface area contributed by atoms with Crippen LogP contribution in [0, 0.1) is 0 Å². The van der Waals surface area contributed by atoms with Crippen LogP contribution < -0.4 is 11.1 Å². The molecule has 0 spiro atoms. The average Bonchev–Trinajstić information content (AvgIpc) is 2.41. The molecule has 0 amide bonds. The van der Waals surface area contributed by atoms with Gasteiger partial charge in [0.05, 0.1) is 5.69 Å². The number of rotatable bonds is 4. The normalized spacial score (nSPS) is 10.2. The Bertz CT molecular complexity index is 611. The molecule has 0 aliphatic rings. The summed E-state index contributed by atoms with van der Waals surface area (Å²) in [6, 6.07) is 10.7. The number of hydrogen-bond acceptors (Lipinski definition) is 4. The number of aromatic nitrogens is 1. The lowest BCUT2D eigenvalue weighted by atomic mass is 10.1. The number of nitrogens with two attached hydrogens (primary N) is 1. The van der Waals surface area contributed by atoms with Crippen molar-refractivity contribution in [3.05, 3.63) is 47.7 Å². The fourth-order valence-electron chi connectivity index (χ4n) is 1.69. The molecule has 0 aliphatic heterocycles. The number of aromatic carboxylic acids is 1. The van der Waals surface area contributed by atoms with Gasteiger partial charge in [-0.1, -0.05) is 19.1 Å². The van der Waals surface area contributed by atoms with Crippen LogP contribution in [0.15, 0.2) is 36.4 Å². The zero-order valence-electron chi connectivity index (χ0n) is 10.6. The van der Waals surface area contributed by atoms with Crippen LogP contribution in [0.4, 0.5) is 17.2 Å². The molecule has 2 rings (SSSR count). The monoisotopic (exact) mass is 257 g/mol. The Labute approximate surface area is 111 Å². The molecule has 0 fully saturated rings. The predicted octanol–water partition coefficient (Wildman–Crippen LogP) is 2.67. The van der Waals surface area contributed by atoms with E-state index in [2.05, 4.69) is 17.2 Å². The van der Waals surface area contributed by atoms with Gasteiger partial charge in [-0.05, 0) is 36.2 Å². The van der Waals surface area contributed by atoms with Gasteiger partial charge in [0.1, 0.15) is 0 Å². The van der Waals surface area contributed by atoms with E-state index in [0.717, 1.165) is 12.1 Å². The molecule has 2 aromatic rings. The van der Waals surface area contributed by atoms with Gasteiger partial charge in [-0.25, -0.2) is 9.78 Å². The Morgan fingerprint density at radius 1 is 1.37 bits per heavy atom. The predicted molar refractivity (Wildman–Crippen MR) is 74.7 cm³/mol. The van der Waals surface area contributed by atoms with Crippen molar-refractivity contribution in [3.8, 4) is 0 Å². The number of hydrogen-bond donors (Lipinski definition) is 3. The Kier molecular flexibility index (Phi) is 3.66. The lowest BCUT2D eigenvalue weighted by Crippen LogP contribution is -2.05. The average molecular weight is 257 g/mol. The molecule has 1 aromatic heterocycles. The van der Waals surface area contributed by atoms with Crippen LogP contribution in [-0.4, -0.2) is 16.1 Å². The van der Waals surface area contributed by atoms with Gasteiger partial charge in [0.25, 0.3) is 0 Å². The second kappa shape index (κ2) is 5.39. The van der Waals surface area contributed by atoms with Gasteiger partial charge >= 0.3 is 5.97 Å². The second-order valence-electron chi connectivity index (χ2n) is 4.12. The van der Waals surface area contributed by atoms with Crippen molar-refractivity contribution in [1.29, 1.82) is 0 Å². The molecule has 5 nitrogen and oxygen atoms in total. The molecular weight excluding hydrogens is 242 g/mol. The van der Waals surface area contributed by atoms with E-state index in [1.54, 1.807) is 0 Å². The van der Waals surface area contributed by atoms with Gasteiger partial charge in [-0.3, -0.25) is 0 Å². The highest BCUT2D eigenvalue weighted by Gasteiger charge is 2.08. The molecule has 19 heavy (non-hydrogen) atoms. The number of anilines is 3. The molecule has 0 saturated carbocycles. The van der Waals surface area contributed by atoms with Gasteiger partial charge in [-0.2, -0.15) is 0 Å². The molecule has 0 unspecified atom stereocenters. The Morgan fingerprint density at radius 2 is 2.16 bits per heavy atom. The van der Waals surface area contributed by atoms with Crippen molar-refractivity contribution in [3.63, 3.8) is 0 Å². The maximum atomic E-state index is 10.9. The van der Waals surface area contributed by atoms with Crippen LogP contribution in [0.3, 0.4) is 0 Å². The summed E-state index contributed by atoms with van der Waals surface area (Å²) in [5.41, 5.74) is 8.17. The SMILES string of the molecule is CCc1cccc(Nc2nc(C(=O)O)ccc2N)c1. The van der Waals surface area contributed by atoms with Gasteiger partial charge in [0, 0.05) is 5.69 Å². The third-order valence-electron chi connectivity index (χ3n) is 2.74. The Balaban J connectivity index is 2.31. The maximum absolute atomic E-state index is 10.9. The third kappa shape index (κ3) is 3.01. The topological polar surface area (TPSA) is 88.2 Å². The summed E-state index contributed by atoms with van der Waals surface area (Å²) in [5.74, 6) is -0.724. The van der Waals surface area contributed by atoms with Crippen LogP contribution in [0.25, 0.3) is 0 Å². The Hall–Kier alpha value is -2.56. The molecule has 5 heteroatoms. The van der Waals surface area contributed by atoms with E-state index in [1.165, 1.54) is 17.7 Å². The van der Waals surface area contributed by atoms with E-state index >= 15 is 0 Å². The van der Waals surface area contributed by atoms with E-state index in [9.17, 15) is 4.79 Å². The number of aryl methyl sites for hydroxylation is 1. The molecule has 0 atom stereocenters. The Morgan fingerprint density at radius 3 is 2.84 bits per heavy atom. The molecule has 1 aromatic carbocycles. The second-order valence-corrected chi connectivity index (χ2v) is 4.12. The summed E-state index contributed by atoms with van der Waals surface area (Å²) in [7, 11) is 0. The van der Waals surface area contributed by atoms with Crippen LogP contribution in [-0.2, 0) is 6.42 Å². The third-order valence-corrected chi connectivity index (χ3v) is 2.74. The number of benzene rings is 1. The van der Waals surface area contributed by atoms with Crippen molar-refractivity contribution in [1.82, 2.24) is 4.98 Å². The summed E-state index contributed by atoms with van der Waals surface area (Å²) in [6.07, 6.45) is 0.924. The molecular formula is C14H15N3O2. The molecule has 4 N–H and O–H groups in total. The molecule has 0 aliphatic carbocycles. The fourth-order valence-corrected chi connectivity index (χ4v) is 1.69. The summed E-state index contributed by atoms with van der Waals surface area (Å²) in [5, 5.41) is 12.0. The van der Waals surface area contributed by atoms with Gasteiger partial charge in [0.15, 0.2) is 11.5 Å². The highest BCUT2D eigenvalue weighted by Crippen LogP contribution is 2.22. The number of carbonyl (C=O) groups is 1. The van der Waals surface area contributed by atoms with Crippen LogP contribution in [0.1, 0.15) is 23.0 Å². The van der Waals surface area contributed by atoms with Crippen molar-refractivity contribution in [2.45, 2.75) is 13.3 Å². The lowest BCUT2D eigenvalue weighted by Gasteiger charge is -2.10. The van der Waals surface area contributed by atoms with Crippen LogP contribution >= 0.6 is 0 Å². The van der Waals surface area contributed by atoms with Gasteiger partial charge < -0.3 is 16.2 Å². The van der Waals surface area contributed by atoms with E-state index in [4.69, 9.17) is 10.8 Å². The van der Waals surface area contributed by atoms with E-state index < -0.39 is 5.97 Å². The number of carboxylic acid groups (broad SMARTS) is 1. The van der Waals surface area contributed by atoms with Gasteiger partial charge in [-0.15, -0.1) is 0 Å². The smallest absolute Gasteiger partial charge is 0.354 e. The summed E-state index contributed by atoms with van der Waals surface area (Å²) in [4.78, 5) is 14.9.